The number of hydrogen-bond acceptors (Lipinski definition) is 2. The van der Waals surface area contributed by atoms with E-state index in [9.17, 15) is 14.7 Å². The number of rotatable bonds is 2. The molecule has 1 aromatic heterocycles. The van der Waals surface area contributed by atoms with Gasteiger partial charge in [-0.2, -0.15) is 0 Å². The van der Waals surface area contributed by atoms with Gasteiger partial charge in [-0.25, -0.2) is 9.59 Å². The summed E-state index contributed by atoms with van der Waals surface area (Å²) in [6, 6.07) is 0. The van der Waals surface area contributed by atoms with Crippen LogP contribution in [0, 0.1) is 17.8 Å². The summed E-state index contributed by atoms with van der Waals surface area (Å²) in [6.45, 7) is 0. The monoisotopic (exact) mass is 262 g/mol. The fourth-order valence-electron chi connectivity index (χ4n) is 5.34. The second-order valence-electron chi connectivity index (χ2n) is 6.76. The van der Waals surface area contributed by atoms with Crippen LogP contribution in [-0.2, 0) is 5.54 Å². The molecule has 5 nitrogen and oxygen atoms in total. The maximum Gasteiger partial charge on any atom is 0.354 e. The molecule has 2 N–H and O–H groups in total. The first-order valence-electron chi connectivity index (χ1n) is 7.11. The molecule has 1 aromatic rings. The SMILES string of the molecule is O=C(O)c1c[nH]c(=O)n1C12CC3CC(CC(C3)C1)C2. The van der Waals surface area contributed by atoms with Crippen LogP contribution in [0.15, 0.2) is 11.0 Å². The topological polar surface area (TPSA) is 75.1 Å². The van der Waals surface area contributed by atoms with Crippen molar-refractivity contribution in [2.45, 2.75) is 44.1 Å². The summed E-state index contributed by atoms with van der Waals surface area (Å²) in [7, 11) is 0. The summed E-state index contributed by atoms with van der Waals surface area (Å²) in [5, 5.41) is 9.30. The number of nitrogens with zero attached hydrogens (tertiary/aromatic N) is 1. The Labute approximate surface area is 110 Å². The van der Waals surface area contributed by atoms with Crippen LogP contribution in [0.3, 0.4) is 0 Å². The second-order valence-corrected chi connectivity index (χ2v) is 6.76. The molecule has 4 saturated carbocycles. The Hall–Kier alpha value is -1.52. The largest absolute Gasteiger partial charge is 0.477 e. The molecule has 4 bridgehead atoms. The highest BCUT2D eigenvalue weighted by molar-refractivity contribution is 5.85. The molecule has 0 unspecified atom stereocenters. The molecule has 0 spiro atoms. The number of aromatic nitrogens is 2. The molecule has 0 aliphatic heterocycles. The van der Waals surface area contributed by atoms with Gasteiger partial charge >= 0.3 is 11.7 Å². The van der Waals surface area contributed by atoms with Gasteiger partial charge in [0, 0.05) is 6.20 Å². The van der Waals surface area contributed by atoms with E-state index >= 15 is 0 Å². The number of imidazole rings is 1. The quantitative estimate of drug-likeness (QED) is 0.853. The van der Waals surface area contributed by atoms with Crippen molar-refractivity contribution in [3.05, 3.63) is 22.4 Å². The molecule has 4 aliphatic rings. The van der Waals surface area contributed by atoms with E-state index in [1.807, 2.05) is 0 Å². The van der Waals surface area contributed by atoms with Crippen LogP contribution in [0.1, 0.15) is 49.0 Å². The van der Waals surface area contributed by atoms with Gasteiger partial charge in [0.05, 0.1) is 5.54 Å². The van der Waals surface area contributed by atoms with E-state index in [1.54, 1.807) is 4.57 Å². The zero-order valence-electron chi connectivity index (χ0n) is 10.8. The summed E-state index contributed by atoms with van der Waals surface area (Å²) >= 11 is 0. The average Bonchev–Trinajstić information content (AvgIpc) is 2.70. The van der Waals surface area contributed by atoms with Gasteiger partial charge in [0.2, 0.25) is 0 Å². The van der Waals surface area contributed by atoms with Crippen molar-refractivity contribution in [2.24, 2.45) is 17.8 Å². The Morgan fingerprint density at radius 1 is 1.21 bits per heavy atom. The number of hydrogen-bond donors (Lipinski definition) is 2. The van der Waals surface area contributed by atoms with Crippen molar-refractivity contribution >= 4 is 5.97 Å². The molecule has 0 aromatic carbocycles. The van der Waals surface area contributed by atoms with Gasteiger partial charge in [0.25, 0.3) is 0 Å². The van der Waals surface area contributed by atoms with Gasteiger partial charge in [-0.3, -0.25) is 4.57 Å². The number of H-pyrrole nitrogens is 1. The number of aromatic amines is 1. The molecule has 102 valence electrons. The van der Waals surface area contributed by atoms with Crippen LogP contribution in [0.25, 0.3) is 0 Å². The molecule has 1 heterocycles. The number of nitrogens with one attached hydrogen (secondary N) is 1. The molecule has 0 atom stereocenters. The predicted molar refractivity (Wildman–Crippen MR) is 68.2 cm³/mol. The zero-order valence-corrected chi connectivity index (χ0v) is 10.8. The van der Waals surface area contributed by atoms with Gasteiger partial charge in [0.1, 0.15) is 5.69 Å². The first-order chi connectivity index (χ1) is 9.07. The van der Waals surface area contributed by atoms with Crippen LogP contribution < -0.4 is 5.69 Å². The molecule has 4 fully saturated rings. The third kappa shape index (κ3) is 1.47. The van der Waals surface area contributed by atoms with Crippen LogP contribution in [-0.4, -0.2) is 20.6 Å². The Kier molecular flexibility index (Phi) is 2.10. The lowest BCUT2D eigenvalue weighted by Gasteiger charge is -2.57. The minimum Gasteiger partial charge on any atom is -0.477 e. The van der Waals surface area contributed by atoms with Crippen molar-refractivity contribution in [1.29, 1.82) is 0 Å². The molecule has 4 aliphatic carbocycles. The van der Waals surface area contributed by atoms with Crippen LogP contribution in [0.2, 0.25) is 0 Å². The molecule has 0 radical (unpaired) electrons. The Bertz CT molecular complexity index is 563. The minimum atomic E-state index is -1.01. The summed E-state index contributed by atoms with van der Waals surface area (Å²) in [5.74, 6) is 1.06. The first-order valence-corrected chi connectivity index (χ1v) is 7.11. The van der Waals surface area contributed by atoms with Gasteiger partial charge < -0.3 is 10.1 Å². The third-order valence-electron chi connectivity index (χ3n) is 5.48. The number of carbonyl (C=O) groups is 1. The molecule has 0 saturated heterocycles. The third-order valence-corrected chi connectivity index (χ3v) is 5.48. The highest BCUT2D eigenvalue weighted by Crippen LogP contribution is 2.58. The predicted octanol–water partition coefficient (Wildman–Crippen LogP) is 1.80. The second kappa shape index (κ2) is 3.52. The molecule has 5 heteroatoms. The summed E-state index contributed by atoms with van der Waals surface area (Å²) in [6.07, 6.45) is 8.14. The van der Waals surface area contributed by atoms with Crippen LogP contribution >= 0.6 is 0 Å². The smallest absolute Gasteiger partial charge is 0.354 e. The van der Waals surface area contributed by atoms with Crippen LogP contribution in [0.4, 0.5) is 0 Å². The van der Waals surface area contributed by atoms with Crippen molar-refractivity contribution in [3.63, 3.8) is 0 Å². The Morgan fingerprint density at radius 2 is 1.74 bits per heavy atom. The zero-order chi connectivity index (χ0) is 13.2. The van der Waals surface area contributed by atoms with Crippen molar-refractivity contribution in [3.8, 4) is 0 Å². The highest BCUT2D eigenvalue weighted by atomic mass is 16.4. The molecule has 5 rings (SSSR count). The van der Waals surface area contributed by atoms with Crippen molar-refractivity contribution < 1.29 is 9.90 Å². The van der Waals surface area contributed by atoms with E-state index in [0.29, 0.717) is 17.8 Å². The number of carboxylic acid groups (broad SMARTS) is 1. The fraction of sp³-hybridized carbons (Fsp3) is 0.714. The van der Waals surface area contributed by atoms with Crippen molar-refractivity contribution in [2.75, 3.05) is 0 Å². The normalized spacial score (nSPS) is 39.7. The molecule has 19 heavy (non-hydrogen) atoms. The molecule has 0 amide bonds. The minimum absolute atomic E-state index is 0.131. The van der Waals surface area contributed by atoms with E-state index in [4.69, 9.17) is 0 Å². The number of carboxylic acids is 1. The average molecular weight is 262 g/mol. The van der Waals surface area contributed by atoms with Crippen molar-refractivity contribution in [1.82, 2.24) is 9.55 Å². The van der Waals surface area contributed by atoms with Gasteiger partial charge in [-0.1, -0.05) is 0 Å². The number of aromatic carboxylic acids is 1. The van der Waals surface area contributed by atoms with E-state index in [2.05, 4.69) is 4.98 Å². The van der Waals surface area contributed by atoms with Gasteiger partial charge in [-0.15, -0.1) is 0 Å². The summed E-state index contributed by atoms with van der Waals surface area (Å²) in [4.78, 5) is 26.0. The van der Waals surface area contributed by atoms with E-state index in [1.165, 1.54) is 25.5 Å². The fourth-order valence-corrected chi connectivity index (χ4v) is 5.34. The maximum atomic E-state index is 12.1. The van der Waals surface area contributed by atoms with E-state index in [-0.39, 0.29) is 16.9 Å². The lowest BCUT2D eigenvalue weighted by Crippen LogP contribution is -2.55. The Balaban J connectivity index is 1.86. The summed E-state index contributed by atoms with van der Waals surface area (Å²) < 4.78 is 1.57. The summed E-state index contributed by atoms with van der Waals surface area (Å²) in [5.41, 5.74) is -0.342. The molecular formula is C14H18N2O3. The lowest BCUT2D eigenvalue weighted by atomic mass is 9.53. The maximum absolute atomic E-state index is 12.1. The van der Waals surface area contributed by atoms with E-state index in [0.717, 1.165) is 19.3 Å². The van der Waals surface area contributed by atoms with Gasteiger partial charge in [-0.05, 0) is 56.3 Å². The highest BCUT2D eigenvalue weighted by Gasteiger charge is 2.53. The standard InChI is InChI=1S/C14H18N2O3/c17-12(18)11-7-15-13(19)16(11)14-4-8-1-9(5-14)3-10(2-8)6-14/h7-10H,1-6H2,(H,15,19)(H,17,18). The Morgan fingerprint density at radius 3 is 2.21 bits per heavy atom. The lowest BCUT2D eigenvalue weighted by molar-refractivity contribution is -0.0460. The van der Waals surface area contributed by atoms with Gasteiger partial charge in [0.15, 0.2) is 0 Å². The molecular weight excluding hydrogens is 244 g/mol. The van der Waals surface area contributed by atoms with E-state index < -0.39 is 5.97 Å². The first kappa shape index (κ1) is 11.3. The van der Waals surface area contributed by atoms with Crippen LogP contribution in [0.5, 0.6) is 0 Å².